The summed E-state index contributed by atoms with van der Waals surface area (Å²) in [6.07, 6.45) is 6.78. The van der Waals surface area contributed by atoms with Crippen LogP contribution in [-0.4, -0.2) is 50.0 Å². The Morgan fingerprint density at radius 1 is 1.03 bits per heavy atom. The zero-order valence-corrected chi connectivity index (χ0v) is 24.2. The molecule has 0 radical (unpaired) electrons. The van der Waals surface area contributed by atoms with Crippen molar-refractivity contribution in [3.63, 3.8) is 0 Å². The summed E-state index contributed by atoms with van der Waals surface area (Å²) in [5, 5.41) is 3.16. The van der Waals surface area contributed by atoms with Gasteiger partial charge in [-0.05, 0) is 78.6 Å². The lowest BCUT2D eigenvalue weighted by molar-refractivity contribution is -0.140. The van der Waals surface area contributed by atoms with Gasteiger partial charge in [0.25, 0.3) is 0 Å². The Morgan fingerprint density at radius 2 is 1.64 bits per heavy atom. The number of aryl methyl sites for hydroxylation is 1. The number of sulfonamides is 1. The van der Waals surface area contributed by atoms with Gasteiger partial charge in [0, 0.05) is 16.2 Å². The van der Waals surface area contributed by atoms with Crippen molar-refractivity contribution in [2.45, 2.75) is 71.0 Å². The van der Waals surface area contributed by atoms with Crippen LogP contribution in [0.5, 0.6) is 0 Å². The molecule has 9 heteroatoms. The molecule has 1 fully saturated rings. The number of halogens is 1. The lowest BCUT2D eigenvalue weighted by Gasteiger charge is -2.34. The maximum absolute atomic E-state index is 13.7. The molecule has 1 N–H and O–H groups in total. The Balaban J connectivity index is 1.89. The van der Waals surface area contributed by atoms with Crippen LogP contribution in [0.3, 0.4) is 0 Å². The molecule has 1 aliphatic rings. The highest BCUT2D eigenvalue weighted by atomic mass is 127. The first kappa shape index (κ1) is 28.4. The largest absolute Gasteiger partial charge is 0.352 e. The second-order valence-electron chi connectivity index (χ2n) is 9.52. The van der Waals surface area contributed by atoms with E-state index in [2.05, 4.69) is 27.9 Å². The average Bonchev–Trinajstić information content (AvgIpc) is 2.84. The molecule has 0 saturated heterocycles. The predicted octanol–water partition coefficient (Wildman–Crippen LogP) is 4.62. The number of amides is 2. The van der Waals surface area contributed by atoms with Crippen molar-refractivity contribution >= 4 is 50.1 Å². The van der Waals surface area contributed by atoms with E-state index in [4.69, 9.17) is 0 Å². The minimum atomic E-state index is -3.73. The number of rotatable bonds is 10. The fraction of sp³-hybridized carbons (Fsp3) is 0.481. The van der Waals surface area contributed by atoms with E-state index in [1.807, 2.05) is 38.1 Å². The number of hydrogen-bond acceptors (Lipinski definition) is 4. The molecule has 1 aliphatic carbocycles. The van der Waals surface area contributed by atoms with Crippen molar-refractivity contribution in [1.29, 1.82) is 0 Å². The molecule has 2 aromatic rings. The molecule has 1 atom stereocenters. The summed E-state index contributed by atoms with van der Waals surface area (Å²) in [5.41, 5.74) is 2.40. The second kappa shape index (κ2) is 12.9. The fourth-order valence-corrected chi connectivity index (χ4v) is 5.78. The number of carbonyl (C=O) groups is 2. The van der Waals surface area contributed by atoms with Crippen LogP contribution in [-0.2, 0) is 26.2 Å². The van der Waals surface area contributed by atoms with Crippen LogP contribution in [0.15, 0.2) is 48.5 Å². The summed E-state index contributed by atoms with van der Waals surface area (Å²) in [4.78, 5) is 28.7. The predicted molar refractivity (Wildman–Crippen MR) is 152 cm³/mol. The number of anilines is 1. The van der Waals surface area contributed by atoms with Crippen molar-refractivity contribution in [2.75, 3.05) is 17.1 Å². The summed E-state index contributed by atoms with van der Waals surface area (Å²) in [6, 6.07) is 14.2. The number of nitrogens with one attached hydrogen (secondary N) is 1. The summed E-state index contributed by atoms with van der Waals surface area (Å²) < 4.78 is 27.4. The van der Waals surface area contributed by atoms with Gasteiger partial charge in [-0.15, -0.1) is 0 Å². The van der Waals surface area contributed by atoms with Crippen molar-refractivity contribution in [2.24, 2.45) is 0 Å². The average molecular weight is 626 g/mol. The van der Waals surface area contributed by atoms with E-state index in [0.29, 0.717) is 12.1 Å². The number of benzene rings is 2. The molecule has 0 aliphatic heterocycles. The standard InChI is InChI=1S/C27H36IN3O4S/c1-4-25(27(33)29-23-8-6-5-7-9-23)30(18-21-12-10-20(2)11-13-21)26(32)19-31(36(3,34)35)24-16-14-22(28)15-17-24/h10-17,23,25H,4-9,18-19H2,1-3H3,(H,29,33)/t25-/m0/s1. The van der Waals surface area contributed by atoms with Gasteiger partial charge >= 0.3 is 0 Å². The molecule has 0 heterocycles. The highest BCUT2D eigenvalue weighted by Gasteiger charge is 2.32. The van der Waals surface area contributed by atoms with Crippen LogP contribution < -0.4 is 9.62 Å². The zero-order chi connectivity index (χ0) is 26.3. The molecule has 0 unspecified atom stereocenters. The van der Waals surface area contributed by atoms with Crippen LogP contribution in [0.25, 0.3) is 0 Å². The van der Waals surface area contributed by atoms with Crippen LogP contribution in [0.4, 0.5) is 5.69 Å². The highest BCUT2D eigenvalue weighted by Crippen LogP contribution is 2.22. The van der Waals surface area contributed by atoms with Gasteiger partial charge in [-0.2, -0.15) is 0 Å². The normalized spacial score (nSPS) is 15.2. The van der Waals surface area contributed by atoms with E-state index in [0.717, 1.165) is 50.9 Å². The Morgan fingerprint density at radius 3 is 2.19 bits per heavy atom. The Labute approximate surface area is 228 Å². The van der Waals surface area contributed by atoms with Gasteiger partial charge in [-0.25, -0.2) is 8.42 Å². The minimum Gasteiger partial charge on any atom is -0.352 e. The van der Waals surface area contributed by atoms with Crippen molar-refractivity contribution < 1.29 is 18.0 Å². The first-order chi connectivity index (χ1) is 17.1. The van der Waals surface area contributed by atoms with Crippen LogP contribution in [0.2, 0.25) is 0 Å². The third-order valence-corrected chi connectivity index (χ3v) is 8.46. The summed E-state index contributed by atoms with van der Waals surface area (Å²) >= 11 is 2.15. The van der Waals surface area contributed by atoms with Gasteiger partial charge in [0.05, 0.1) is 11.9 Å². The molecular weight excluding hydrogens is 589 g/mol. The van der Waals surface area contributed by atoms with Gasteiger partial charge in [0.1, 0.15) is 12.6 Å². The maximum atomic E-state index is 13.7. The van der Waals surface area contributed by atoms with Crippen LogP contribution >= 0.6 is 22.6 Å². The molecular formula is C27H36IN3O4S. The van der Waals surface area contributed by atoms with Crippen molar-refractivity contribution in [3.05, 3.63) is 63.2 Å². The fourth-order valence-electron chi connectivity index (χ4n) is 4.58. The molecule has 36 heavy (non-hydrogen) atoms. The van der Waals surface area contributed by atoms with E-state index in [9.17, 15) is 18.0 Å². The Hall–Kier alpha value is -2.14. The Kier molecular flexibility index (Phi) is 10.2. The van der Waals surface area contributed by atoms with Gasteiger partial charge in [0.2, 0.25) is 21.8 Å². The second-order valence-corrected chi connectivity index (χ2v) is 12.7. The summed E-state index contributed by atoms with van der Waals surface area (Å²) in [6.45, 7) is 3.72. The number of nitrogens with zero attached hydrogens (tertiary/aromatic N) is 2. The molecule has 1 saturated carbocycles. The van der Waals surface area contributed by atoms with Crippen LogP contribution in [0, 0.1) is 10.5 Å². The number of hydrogen-bond donors (Lipinski definition) is 1. The Bertz CT molecular complexity index is 1130. The smallest absolute Gasteiger partial charge is 0.244 e. The summed E-state index contributed by atoms with van der Waals surface area (Å²) in [7, 11) is -3.73. The van der Waals surface area contributed by atoms with E-state index < -0.39 is 22.0 Å². The van der Waals surface area contributed by atoms with Crippen LogP contribution in [0.1, 0.15) is 56.6 Å². The topological polar surface area (TPSA) is 86.8 Å². The van der Waals surface area contributed by atoms with Gasteiger partial charge in [-0.1, -0.05) is 56.0 Å². The molecule has 2 aromatic carbocycles. The van der Waals surface area contributed by atoms with E-state index in [-0.39, 0.29) is 25.0 Å². The first-order valence-electron chi connectivity index (χ1n) is 12.5. The molecule has 0 aromatic heterocycles. The lowest BCUT2D eigenvalue weighted by atomic mass is 9.95. The monoisotopic (exact) mass is 625 g/mol. The van der Waals surface area contributed by atoms with Gasteiger partial charge in [-0.3, -0.25) is 13.9 Å². The van der Waals surface area contributed by atoms with Crippen molar-refractivity contribution in [3.8, 4) is 0 Å². The van der Waals surface area contributed by atoms with Gasteiger partial charge < -0.3 is 10.2 Å². The third kappa shape index (κ3) is 7.93. The van der Waals surface area contributed by atoms with E-state index >= 15 is 0 Å². The molecule has 7 nitrogen and oxygen atoms in total. The first-order valence-corrected chi connectivity index (χ1v) is 15.4. The number of carbonyl (C=O) groups excluding carboxylic acids is 2. The zero-order valence-electron chi connectivity index (χ0n) is 21.2. The highest BCUT2D eigenvalue weighted by molar-refractivity contribution is 14.1. The molecule has 196 valence electrons. The molecule has 3 rings (SSSR count). The van der Waals surface area contributed by atoms with Gasteiger partial charge in [0.15, 0.2) is 0 Å². The molecule has 2 amide bonds. The van der Waals surface area contributed by atoms with Crippen molar-refractivity contribution in [1.82, 2.24) is 10.2 Å². The summed E-state index contributed by atoms with van der Waals surface area (Å²) in [5.74, 6) is -0.588. The minimum absolute atomic E-state index is 0.121. The van der Waals surface area contributed by atoms with E-state index in [1.165, 1.54) is 11.3 Å². The SMILES string of the molecule is CC[C@@H](C(=O)NC1CCCCC1)N(Cc1ccc(C)cc1)C(=O)CN(c1ccc(I)cc1)S(C)(=O)=O. The molecule has 0 bridgehead atoms. The maximum Gasteiger partial charge on any atom is 0.244 e. The quantitative estimate of drug-likeness (QED) is 0.391. The molecule has 0 spiro atoms. The third-order valence-electron chi connectivity index (χ3n) is 6.60. The van der Waals surface area contributed by atoms with E-state index in [1.54, 1.807) is 24.3 Å². The lowest BCUT2D eigenvalue weighted by Crippen LogP contribution is -2.53.